The Kier molecular flexibility index (Phi) is 6.45. The van der Waals surface area contributed by atoms with E-state index in [9.17, 15) is 4.79 Å². The minimum absolute atomic E-state index is 0. The number of hydrogen-bond acceptors (Lipinski definition) is 4. The Morgan fingerprint density at radius 1 is 1.33 bits per heavy atom. The predicted octanol–water partition coefficient (Wildman–Crippen LogP) is 2.46. The Labute approximate surface area is 135 Å². The summed E-state index contributed by atoms with van der Waals surface area (Å²) < 4.78 is 5.54. The fourth-order valence-electron chi connectivity index (χ4n) is 2.36. The number of pyridine rings is 1. The molecule has 5 nitrogen and oxygen atoms in total. The van der Waals surface area contributed by atoms with Crippen LogP contribution in [0.3, 0.4) is 0 Å². The zero-order chi connectivity index (χ0) is 13.2. The van der Waals surface area contributed by atoms with Gasteiger partial charge in [0.05, 0.1) is 0 Å². The van der Waals surface area contributed by atoms with E-state index in [1.165, 1.54) is 0 Å². The van der Waals surface area contributed by atoms with Crippen molar-refractivity contribution >= 4 is 41.8 Å². The summed E-state index contributed by atoms with van der Waals surface area (Å²) in [5.74, 6) is 0.189. The number of carbonyl (C=O) groups excluding carboxylic acids is 1. The van der Waals surface area contributed by atoms with Crippen molar-refractivity contribution in [3.05, 3.63) is 29.7 Å². The molecule has 3 heterocycles. The average Bonchev–Trinajstić information content (AvgIpc) is 2.83. The highest BCUT2D eigenvalue weighted by Gasteiger charge is 2.19. The van der Waals surface area contributed by atoms with Gasteiger partial charge in [-0.25, -0.2) is 4.98 Å². The van der Waals surface area contributed by atoms with Gasteiger partial charge in [-0.1, -0.05) is 0 Å². The molecule has 0 spiro atoms. The van der Waals surface area contributed by atoms with Crippen LogP contribution < -0.4 is 10.6 Å². The molecule has 0 bridgehead atoms. The zero-order valence-electron chi connectivity index (χ0n) is 11.7. The second kappa shape index (κ2) is 7.64. The summed E-state index contributed by atoms with van der Waals surface area (Å²) in [5.41, 5.74) is 2.30. The van der Waals surface area contributed by atoms with Crippen molar-refractivity contribution in [3.8, 4) is 0 Å². The van der Waals surface area contributed by atoms with Crippen molar-refractivity contribution in [1.29, 1.82) is 0 Å². The van der Waals surface area contributed by atoms with Crippen LogP contribution in [0.4, 0.5) is 0 Å². The number of carbonyl (C=O) groups is 1. The van der Waals surface area contributed by atoms with Gasteiger partial charge in [-0.05, 0) is 45.0 Å². The van der Waals surface area contributed by atoms with Crippen LogP contribution >= 0.6 is 24.8 Å². The highest BCUT2D eigenvalue weighted by molar-refractivity contribution is 5.95. The van der Waals surface area contributed by atoms with E-state index in [1.807, 2.05) is 19.1 Å². The summed E-state index contributed by atoms with van der Waals surface area (Å²) in [5, 5.41) is 6.28. The van der Waals surface area contributed by atoms with Gasteiger partial charge < -0.3 is 15.1 Å². The third-order valence-electron chi connectivity index (χ3n) is 3.41. The van der Waals surface area contributed by atoms with Crippen molar-refractivity contribution in [2.45, 2.75) is 25.8 Å². The lowest BCUT2D eigenvalue weighted by atomic mass is 10.1. The Morgan fingerprint density at radius 3 is 2.76 bits per heavy atom. The van der Waals surface area contributed by atoms with Gasteiger partial charge >= 0.3 is 0 Å². The third-order valence-corrected chi connectivity index (χ3v) is 3.41. The summed E-state index contributed by atoms with van der Waals surface area (Å²) >= 11 is 0. The van der Waals surface area contributed by atoms with Gasteiger partial charge in [0.25, 0.3) is 5.91 Å². The summed E-state index contributed by atoms with van der Waals surface area (Å²) in [6.45, 7) is 3.82. The molecule has 21 heavy (non-hydrogen) atoms. The SMILES string of the molecule is Cc1ccc2oc(C(=O)NC3CCNCC3)cc2n1.Cl.Cl. The number of fused-ring (bicyclic) bond motifs is 1. The highest BCUT2D eigenvalue weighted by Crippen LogP contribution is 2.18. The molecular weight excluding hydrogens is 313 g/mol. The molecule has 2 aromatic heterocycles. The van der Waals surface area contributed by atoms with Crippen LogP contribution in [0, 0.1) is 6.92 Å². The zero-order valence-corrected chi connectivity index (χ0v) is 13.4. The molecule has 0 unspecified atom stereocenters. The van der Waals surface area contributed by atoms with E-state index in [0.29, 0.717) is 11.3 Å². The van der Waals surface area contributed by atoms with Gasteiger partial charge in [0.1, 0.15) is 5.52 Å². The van der Waals surface area contributed by atoms with E-state index < -0.39 is 0 Å². The van der Waals surface area contributed by atoms with E-state index in [1.54, 1.807) is 6.07 Å². The maximum Gasteiger partial charge on any atom is 0.287 e. The minimum atomic E-state index is -0.150. The average molecular weight is 332 g/mol. The normalized spacial score (nSPS) is 15.1. The number of rotatable bonds is 2. The topological polar surface area (TPSA) is 67.2 Å². The Balaban J connectivity index is 0.00000110. The molecule has 3 rings (SSSR count). The van der Waals surface area contributed by atoms with Crippen LogP contribution in [-0.2, 0) is 0 Å². The summed E-state index contributed by atoms with van der Waals surface area (Å²) in [6, 6.07) is 5.66. The van der Waals surface area contributed by atoms with Gasteiger partial charge in [0.15, 0.2) is 11.3 Å². The number of amides is 1. The largest absolute Gasteiger partial charge is 0.449 e. The molecule has 2 aromatic rings. The van der Waals surface area contributed by atoms with Crippen LogP contribution in [-0.4, -0.2) is 30.0 Å². The Morgan fingerprint density at radius 2 is 2.05 bits per heavy atom. The van der Waals surface area contributed by atoms with Crippen molar-refractivity contribution in [2.24, 2.45) is 0 Å². The second-order valence-electron chi connectivity index (χ2n) is 4.94. The monoisotopic (exact) mass is 331 g/mol. The number of nitrogens with one attached hydrogen (secondary N) is 2. The summed E-state index contributed by atoms with van der Waals surface area (Å²) in [4.78, 5) is 16.5. The number of nitrogens with zero attached hydrogens (tertiary/aromatic N) is 1. The van der Waals surface area contributed by atoms with Crippen LogP contribution in [0.15, 0.2) is 22.6 Å². The third kappa shape index (κ3) is 4.09. The standard InChI is InChI=1S/C14H17N3O2.2ClH/c1-9-2-3-12-11(16-9)8-13(19-12)14(18)17-10-4-6-15-7-5-10;;/h2-3,8,10,15H,4-7H2,1H3,(H,17,18);2*1H. The van der Waals surface area contributed by atoms with Crippen LogP contribution in [0.25, 0.3) is 11.1 Å². The fraction of sp³-hybridized carbons (Fsp3) is 0.429. The smallest absolute Gasteiger partial charge is 0.287 e. The Hall–Kier alpha value is -1.30. The number of halogens is 2. The number of aromatic nitrogens is 1. The molecule has 0 aromatic carbocycles. The second-order valence-corrected chi connectivity index (χ2v) is 4.94. The van der Waals surface area contributed by atoms with Crippen molar-refractivity contribution in [1.82, 2.24) is 15.6 Å². The van der Waals surface area contributed by atoms with Gasteiger partial charge in [-0.15, -0.1) is 24.8 Å². The number of furan rings is 1. The maximum atomic E-state index is 12.1. The Bertz CT molecular complexity index is 609. The first-order chi connectivity index (χ1) is 9.22. The molecule has 0 atom stereocenters. The molecule has 7 heteroatoms. The van der Waals surface area contributed by atoms with E-state index in [0.717, 1.165) is 37.1 Å². The lowest BCUT2D eigenvalue weighted by molar-refractivity contribution is 0.0903. The van der Waals surface area contributed by atoms with Crippen molar-refractivity contribution in [3.63, 3.8) is 0 Å². The molecule has 1 aliphatic rings. The molecule has 0 saturated carbocycles. The fourth-order valence-corrected chi connectivity index (χ4v) is 2.36. The molecule has 116 valence electrons. The molecule has 1 saturated heterocycles. The quantitative estimate of drug-likeness (QED) is 0.887. The minimum Gasteiger partial charge on any atom is -0.449 e. The molecule has 1 aliphatic heterocycles. The van der Waals surface area contributed by atoms with Gasteiger partial charge in [0, 0.05) is 17.8 Å². The molecule has 0 aliphatic carbocycles. The van der Waals surface area contributed by atoms with Gasteiger partial charge in [-0.2, -0.15) is 0 Å². The summed E-state index contributed by atoms with van der Waals surface area (Å²) in [6.07, 6.45) is 1.92. The van der Waals surface area contributed by atoms with E-state index in [2.05, 4.69) is 15.6 Å². The first kappa shape index (κ1) is 17.8. The maximum absolute atomic E-state index is 12.1. The number of piperidine rings is 1. The lowest BCUT2D eigenvalue weighted by Crippen LogP contribution is -2.42. The highest BCUT2D eigenvalue weighted by atomic mass is 35.5. The molecular formula is C14H19Cl2N3O2. The van der Waals surface area contributed by atoms with E-state index >= 15 is 0 Å². The molecule has 1 fully saturated rings. The first-order valence-electron chi connectivity index (χ1n) is 6.61. The van der Waals surface area contributed by atoms with Gasteiger partial charge in [-0.3, -0.25) is 4.79 Å². The number of hydrogen-bond donors (Lipinski definition) is 2. The molecule has 1 amide bonds. The summed E-state index contributed by atoms with van der Waals surface area (Å²) in [7, 11) is 0. The van der Waals surface area contributed by atoms with Crippen LogP contribution in [0.2, 0.25) is 0 Å². The van der Waals surface area contributed by atoms with E-state index in [-0.39, 0.29) is 36.8 Å². The molecule has 2 N–H and O–H groups in total. The van der Waals surface area contributed by atoms with Gasteiger partial charge in [0.2, 0.25) is 0 Å². The lowest BCUT2D eigenvalue weighted by Gasteiger charge is -2.23. The van der Waals surface area contributed by atoms with E-state index in [4.69, 9.17) is 4.42 Å². The predicted molar refractivity (Wildman–Crippen MR) is 86.6 cm³/mol. The van der Waals surface area contributed by atoms with Crippen LogP contribution in [0.5, 0.6) is 0 Å². The molecule has 0 radical (unpaired) electrons. The van der Waals surface area contributed by atoms with Crippen molar-refractivity contribution in [2.75, 3.05) is 13.1 Å². The van der Waals surface area contributed by atoms with Crippen LogP contribution in [0.1, 0.15) is 29.1 Å². The van der Waals surface area contributed by atoms with Crippen molar-refractivity contribution < 1.29 is 9.21 Å². The number of aryl methyl sites for hydroxylation is 1. The first-order valence-corrected chi connectivity index (χ1v) is 6.61.